The average molecular weight is 420 g/mol. The highest BCUT2D eigenvalue weighted by Crippen LogP contribution is 2.34. The molecule has 1 saturated heterocycles. The van der Waals surface area contributed by atoms with Crippen LogP contribution in [-0.2, 0) is 11.2 Å². The summed E-state index contributed by atoms with van der Waals surface area (Å²) in [4.78, 5) is 17.7. The lowest BCUT2D eigenvalue weighted by molar-refractivity contribution is 0.0601. The van der Waals surface area contributed by atoms with E-state index in [1.165, 1.54) is 18.4 Å². The summed E-state index contributed by atoms with van der Waals surface area (Å²) in [5.74, 6) is -0.0625. The number of phenols is 1. The van der Waals surface area contributed by atoms with Gasteiger partial charge < -0.3 is 25.0 Å². The number of ether oxygens (including phenoxy) is 1. The molecule has 3 rings (SSSR count). The van der Waals surface area contributed by atoms with Crippen LogP contribution in [0.1, 0.15) is 27.7 Å². The molecule has 150 valence electrons. The number of aryl methyl sites for hydroxylation is 1. The van der Waals surface area contributed by atoms with Crippen molar-refractivity contribution in [1.82, 2.24) is 4.90 Å². The SMILES string of the molecule is CCc1c(C)sc(NC(=S)N2CCN(c3cccc(O)c3)CC2)c1C(=O)OC. The summed E-state index contributed by atoms with van der Waals surface area (Å²) in [6.07, 6.45) is 0.768. The molecule has 1 aliphatic rings. The number of esters is 1. The standard InChI is InChI=1S/C20H25N3O3S2/c1-4-16-13(2)28-18(17(16)19(25)26-3)21-20(27)23-10-8-22(9-11-23)14-6-5-7-15(24)12-14/h5-7,12,24H,4,8-11H2,1-3H3,(H,21,27). The van der Waals surface area contributed by atoms with Crippen LogP contribution in [0.5, 0.6) is 5.75 Å². The highest BCUT2D eigenvalue weighted by Gasteiger charge is 2.25. The van der Waals surface area contributed by atoms with Crippen LogP contribution in [0.3, 0.4) is 0 Å². The molecule has 1 aromatic carbocycles. The molecule has 2 N–H and O–H groups in total. The Bertz CT molecular complexity index is 874. The van der Waals surface area contributed by atoms with Crippen LogP contribution >= 0.6 is 23.6 Å². The van der Waals surface area contributed by atoms with Crippen LogP contribution < -0.4 is 10.2 Å². The van der Waals surface area contributed by atoms with Crippen LogP contribution in [0.2, 0.25) is 0 Å². The monoisotopic (exact) mass is 419 g/mol. The van der Waals surface area contributed by atoms with Crippen molar-refractivity contribution in [2.75, 3.05) is 43.5 Å². The molecule has 28 heavy (non-hydrogen) atoms. The third-order valence-corrected chi connectivity index (χ3v) is 6.36. The van der Waals surface area contributed by atoms with E-state index in [0.717, 1.165) is 53.7 Å². The van der Waals surface area contributed by atoms with E-state index in [4.69, 9.17) is 17.0 Å². The van der Waals surface area contributed by atoms with E-state index in [0.29, 0.717) is 10.7 Å². The minimum atomic E-state index is -0.333. The molecule has 1 fully saturated rings. The first-order valence-electron chi connectivity index (χ1n) is 9.25. The predicted molar refractivity (Wildman–Crippen MR) is 118 cm³/mol. The predicted octanol–water partition coefficient (Wildman–Crippen LogP) is 3.63. The quantitative estimate of drug-likeness (QED) is 0.579. The molecule has 2 heterocycles. The number of methoxy groups -OCH3 is 1. The number of nitrogens with one attached hydrogen (secondary N) is 1. The summed E-state index contributed by atoms with van der Waals surface area (Å²) in [6.45, 7) is 7.18. The highest BCUT2D eigenvalue weighted by atomic mass is 32.1. The molecule has 0 bridgehead atoms. The van der Waals surface area contributed by atoms with Gasteiger partial charge in [-0.2, -0.15) is 0 Å². The number of carbonyl (C=O) groups excluding carboxylic acids is 1. The first kappa shape index (κ1) is 20.4. The summed E-state index contributed by atoms with van der Waals surface area (Å²) in [5, 5.41) is 14.3. The molecule has 0 unspecified atom stereocenters. The van der Waals surface area contributed by atoms with Gasteiger partial charge in [-0.1, -0.05) is 13.0 Å². The molecular weight excluding hydrogens is 394 g/mol. The molecule has 0 amide bonds. The Balaban J connectivity index is 1.67. The molecule has 1 aliphatic heterocycles. The number of phenolic OH excluding ortho intramolecular Hbond substituents is 1. The number of hydrogen-bond acceptors (Lipinski definition) is 6. The largest absolute Gasteiger partial charge is 0.508 e. The van der Waals surface area contributed by atoms with E-state index in [1.54, 1.807) is 12.1 Å². The fourth-order valence-corrected chi connectivity index (χ4v) is 4.93. The summed E-state index contributed by atoms with van der Waals surface area (Å²) in [7, 11) is 1.40. The van der Waals surface area contributed by atoms with Crippen molar-refractivity contribution >= 4 is 45.3 Å². The molecule has 0 saturated carbocycles. The van der Waals surface area contributed by atoms with Crippen molar-refractivity contribution in [2.45, 2.75) is 20.3 Å². The van der Waals surface area contributed by atoms with Crippen molar-refractivity contribution in [3.8, 4) is 5.75 Å². The minimum Gasteiger partial charge on any atom is -0.508 e. The second-order valence-corrected chi connectivity index (χ2v) is 8.22. The lowest BCUT2D eigenvalue weighted by Crippen LogP contribution is -2.50. The zero-order valence-corrected chi connectivity index (χ0v) is 18.0. The van der Waals surface area contributed by atoms with Gasteiger partial charge in [-0.25, -0.2) is 4.79 Å². The fourth-order valence-electron chi connectivity index (χ4n) is 3.44. The van der Waals surface area contributed by atoms with E-state index in [9.17, 15) is 9.90 Å². The summed E-state index contributed by atoms with van der Waals surface area (Å²) in [6, 6.07) is 7.29. The molecule has 0 atom stereocenters. The van der Waals surface area contributed by atoms with Gasteiger partial charge in [0.25, 0.3) is 0 Å². The van der Waals surface area contributed by atoms with Crippen LogP contribution in [0.4, 0.5) is 10.7 Å². The molecule has 0 radical (unpaired) electrons. The minimum absolute atomic E-state index is 0.271. The van der Waals surface area contributed by atoms with Gasteiger partial charge in [0.05, 0.1) is 12.7 Å². The molecule has 2 aromatic rings. The number of hydrogen-bond donors (Lipinski definition) is 2. The zero-order valence-electron chi connectivity index (χ0n) is 16.3. The molecule has 6 nitrogen and oxygen atoms in total. The van der Waals surface area contributed by atoms with Crippen molar-refractivity contribution in [3.63, 3.8) is 0 Å². The van der Waals surface area contributed by atoms with Gasteiger partial charge in [0.15, 0.2) is 5.11 Å². The Labute approximate surface area is 174 Å². The number of aromatic hydroxyl groups is 1. The van der Waals surface area contributed by atoms with Crippen LogP contribution in [0.15, 0.2) is 24.3 Å². The lowest BCUT2D eigenvalue weighted by Gasteiger charge is -2.37. The normalized spacial score (nSPS) is 14.1. The first-order valence-corrected chi connectivity index (χ1v) is 10.5. The second-order valence-electron chi connectivity index (χ2n) is 6.61. The number of benzene rings is 1. The van der Waals surface area contributed by atoms with E-state index < -0.39 is 0 Å². The highest BCUT2D eigenvalue weighted by molar-refractivity contribution is 7.80. The van der Waals surface area contributed by atoms with E-state index in [-0.39, 0.29) is 11.7 Å². The van der Waals surface area contributed by atoms with Gasteiger partial charge in [0.1, 0.15) is 10.8 Å². The summed E-state index contributed by atoms with van der Waals surface area (Å²) >= 11 is 7.15. The summed E-state index contributed by atoms with van der Waals surface area (Å²) < 4.78 is 4.98. The van der Waals surface area contributed by atoms with Gasteiger partial charge in [-0.3, -0.25) is 0 Å². The van der Waals surface area contributed by atoms with E-state index in [2.05, 4.69) is 15.1 Å². The Morgan fingerprint density at radius 3 is 2.64 bits per heavy atom. The molecule has 8 heteroatoms. The number of piperazine rings is 1. The Kier molecular flexibility index (Phi) is 6.41. The smallest absolute Gasteiger partial charge is 0.341 e. The van der Waals surface area contributed by atoms with Crippen molar-refractivity contribution in [1.29, 1.82) is 0 Å². The third kappa shape index (κ3) is 4.23. The van der Waals surface area contributed by atoms with Gasteiger partial charge in [-0.05, 0) is 43.3 Å². The second kappa shape index (κ2) is 8.79. The van der Waals surface area contributed by atoms with Crippen LogP contribution in [0, 0.1) is 6.92 Å². The maximum Gasteiger partial charge on any atom is 0.341 e. The number of nitrogens with zero attached hydrogens (tertiary/aromatic N) is 2. The van der Waals surface area contributed by atoms with Crippen molar-refractivity contribution in [3.05, 3.63) is 40.3 Å². The third-order valence-electron chi connectivity index (χ3n) is 4.93. The Morgan fingerprint density at radius 1 is 1.32 bits per heavy atom. The van der Waals surface area contributed by atoms with Gasteiger partial charge >= 0.3 is 5.97 Å². The van der Waals surface area contributed by atoms with Crippen molar-refractivity contribution in [2.24, 2.45) is 0 Å². The van der Waals surface area contributed by atoms with Gasteiger partial charge in [0, 0.05) is 42.8 Å². The summed E-state index contributed by atoms with van der Waals surface area (Å²) in [5.41, 5.74) is 2.61. The average Bonchev–Trinajstić information content (AvgIpc) is 3.02. The lowest BCUT2D eigenvalue weighted by atomic mass is 10.1. The van der Waals surface area contributed by atoms with Crippen LogP contribution in [-0.4, -0.2) is 54.4 Å². The number of anilines is 2. The Morgan fingerprint density at radius 2 is 2.04 bits per heavy atom. The molecule has 0 aliphatic carbocycles. The Hall–Kier alpha value is -2.32. The number of thiocarbonyl (C=S) groups is 1. The maximum absolute atomic E-state index is 12.3. The number of thiophene rings is 1. The first-order chi connectivity index (χ1) is 13.4. The molecule has 1 aromatic heterocycles. The topological polar surface area (TPSA) is 65.0 Å². The van der Waals surface area contributed by atoms with E-state index in [1.807, 2.05) is 26.0 Å². The van der Waals surface area contributed by atoms with Gasteiger partial charge in [0.2, 0.25) is 0 Å². The number of carbonyl (C=O) groups is 1. The van der Waals surface area contributed by atoms with E-state index >= 15 is 0 Å². The van der Waals surface area contributed by atoms with Gasteiger partial charge in [-0.15, -0.1) is 11.3 Å². The van der Waals surface area contributed by atoms with Crippen LogP contribution in [0.25, 0.3) is 0 Å². The molecule has 0 spiro atoms. The zero-order chi connectivity index (χ0) is 20.3. The van der Waals surface area contributed by atoms with Crippen molar-refractivity contribution < 1.29 is 14.6 Å². The maximum atomic E-state index is 12.3. The number of rotatable bonds is 4. The molecular formula is C20H25N3O3S2. The fraction of sp³-hybridized carbons (Fsp3) is 0.400.